The summed E-state index contributed by atoms with van der Waals surface area (Å²) in [6, 6.07) is 1.59. The van der Waals surface area contributed by atoms with E-state index in [4.69, 9.17) is 0 Å². The molecule has 0 spiro atoms. The summed E-state index contributed by atoms with van der Waals surface area (Å²) in [6.07, 6.45) is 6.31. The van der Waals surface area contributed by atoms with Crippen LogP contribution in [-0.2, 0) is 11.2 Å². The van der Waals surface area contributed by atoms with Gasteiger partial charge in [0.1, 0.15) is 11.0 Å². The van der Waals surface area contributed by atoms with Crippen molar-refractivity contribution in [2.75, 3.05) is 0 Å². The van der Waals surface area contributed by atoms with E-state index in [-0.39, 0.29) is 17.0 Å². The lowest BCUT2D eigenvalue weighted by Crippen LogP contribution is -2.28. The number of hydrogen-bond acceptors (Lipinski definition) is 3. The fraction of sp³-hybridized carbons (Fsp3) is 0.526. The first-order valence-corrected chi connectivity index (χ1v) is 8.90. The number of rotatable bonds is 4. The van der Waals surface area contributed by atoms with Gasteiger partial charge in [-0.15, -0.1) is 5.10 Å². The predicted molar refractivity (Wildman–Crippen MR) is 91.0 cm³/mol. The fourth-order valence-electron chi connectivity index (χ4n) is 4.70. The normalized spacial score (nSPS) is 23.0. The minimum Gasteiger partial charge on any atom is -0.295 e. The van der Waals surface area contributed by atoms with E-state index in [0.29, 0.717) is 23.9 Å². The number of ketones is 1. The van der Waals surface area contributed by atoms with E-state index in [1.54, 1.807) is 6.07 Å². The Morgan fingerprint density at radius 1 is 1.38 bits per heavy atom. The minimum absolute atomic E-state index is 0.0305. The monoisotopic (exact) mass is 327 g/mol. The standard InChI is InChI=1S/C19H22FN3O/c1-3-5-7-19-8-6-15(24)11(4-2)16(19)12-9-14(20)18-17(13(12)10-19)21-23-22-18/h9H,3-8,10H2,1-2H3,(H,21,22,23). The molecule has 4 nitrogen and oxygen atoms in total. The van der Waals surface area contributed by atoms with Crippen LogP contribution in [0.5, 0.6) is 0 Å². The molecule has 2 aliphatic rings. The highest BCUT2D eigenvalue weighted by molar-refractivity contribution is 6.07. The van der Waals surface area contributed by atoms with Crippen LogP contribution in [0.15, 0.2) is 11.6 Å². The van der Waals surface area contributed by atoms with Crippen LogP contribution in [0, 0.1) is 11.2 Å². The molecule has 0 fully saturated rings. The molecule has 0 aliphatic heterocycles. The Morgan fingerprint density at radius 2 is 2.21 bits per heavy atom. The molecule has 1 aromatic heterocycles. The molecule has 0 bridgehead atoms. The number of H-pyrrole nitrogens is 1. The van der Waals surface area contributed by atoms with Crippen molar-refractivity contribution < 1.29 is 9.18 Å². The van der Waals surface area contributed by atoms with Gasteiger partial charge in [-0.25, -0.2) is 4.39 Å². The average Bonchev–Trinajstić information content (AvgIpc) is 3.17. The number of benzene rings is 1. The van der Waals surface area contributed by atoms with Gasteiger partial charge in [0.15, 0.2) is 11.6 Å². The highest BCUT2D eigenvalue weighted by Crippen LogP contribution is 2.57. The molecule has 0 radical (unpaired) electrons. The Hall–Kier alpha value is -2.04. The van der Waals surface area contributed by atoms with Gasteiger partial charge in [0.25, 0.3) is 0 Å². The second-order valence-corrected chi connectivity index (χ2v) is 7.11. The number of halogens is 1. The number of nitrogens with zero attached hydrogens (tertiary/aromatic N) is 2. The Balaban J connectivity index is 2.01. The van der Waals surface area contributed by atoms with Crippen LogP contribution < -0.4 is 0 Å². The van der Waals surface area contributed by atoms with Gasteiger partial charge >= 0.3 is 0 Å². The second kappa shape index (κ2) is 5.50. The number of carbonyl (C=O) groups excluding carboxylic acids is 1. The lowest BCUT2D eigenvalue weighted by molar-refractivity contribution is -0.116. The molecule has 2 aliphatic carbocycles. The van der Waals surface area contributed by atoms with Crippen LogP contribution in [0.2, 0.25) is 0 Å². The maximum Gasteiger partial charge on any atom is 0.159 e. The topological polar surface area (TPSA) is 58.6 Å². The minimum atomic E-state index is -0.332. The SMILES string of the molecule is CCCCC12CCC(=O)C(CC)=C1c1cc(F)c3[nH]nnc3c1C2. The Kier molecular flexibility index (Phi) is 3.55. The smallest absolute Gasteiger partial charge is 0.159 e. The molecule has 0 saturated carbocycles. The Morgan fingerprint density at radius 3 is 2.96 bits per heavy atom. The molecule has 1 N–H and O–H groups in total. The van der Waals surface area contributed by atoms with Gasteiger partial charge in [0.2, 0.25) is 0 Å². The van der Waals surface area contributed by atoms with Crippen LogP contribution in [-0.4, -0.2) is 21.2 Å². The van der Waals surface area contributed by atoms with E-state index >= 15 is 0 Å². The van der Waals surface area contributed by atoms with Crippen LogP contribution in [0.25, 0.3) is 16.6 Å². The number of fused-ring (bicyclic) bond motifs is 5. The average molecular weight is 327 g/mol. The van der Waals surface area contributed by atoms with Crippen molar-refractivity contribution in [3.8, 4) is 0 Å². The second-order valence-electron chi connectivity index (χ2n) is 7.11. The van der Waals surface area contributed by atoms with E-state index in [2.05, 4.69) is 22.3 Å². The molecule has 5 heteroatoms. The molecule has 1 unspecified atom stereocenters. The van der Waals surface area contributed by atoms with Gasteiger partial charge in [-0.2, -0.15) is 0 Å². The van der Waals surface area contributed by atoms with E-state index in [9.17, 15) is 9.18 Å². The van der Waals surface area contributed by atoms with Gasteiger partial charge in [-0.3, -0.25) is 9.89 Å². The molecular weight excluding hydrogens is 305 g/mol. The summed E-state index contributed by atoms with van der Waals surface area (Å²) in [5.41, 5.74) is 4.94. The number of aromatic nitrogens is 3. The maximum absolute atomic E-state index is 14.5. The largest absolute Gasteiger partial charge is 0.295 e. The summed E-state index contributed by atoms with van der Waals surface area (Å²) in [4.78, 5) is 12.5. The quantitative estimate of drug-likeness (QED) is 0.908. The number of Topliss-reactive ketones (excluding diaryl/α,β-unsaturated/α-hetero) is 1. The van der Waals surface area contributed by atoms with Crippen molar-refractivity contribution in [1.82, 2.24) is 15.4 Å². The summed E-state index contributed by atoms with van der Waals surface area (Å²) < 4.78 is 14.5. The molecule has 24 heavy (non-hydrogen) atoms. The molecule has 1 atom stereocenters. The molecule has 0 saturated heterocycles. The number of allylic oxidation sites excluding steroid dienone is 2. The zero-order valence-electron chi connectivity index (χ0n) is 14.2. The maximum atomic E-state index is 14.5. The van der Waals surface area contributed by atoms with Crippen molar-refractivity contribution in [3.05, 3.63) is 28.6 Å². The third kappa shape index (κ3) is 2.00. The number of hydrogen-bond donors (Lipinski definition) is 1. The summed E-state index contributed by atoms with van der Waals surface area (Å²) in [5.74, 6) is -0.103. The molecule has 126 valence electrons. The lowest BCUT2D eigenvalue weighted by Gasteiger charge is -2.36. The number of unbranched alkanes of at least 4 members (excludes halogenated alkanes) is 1. The summed E-state index contributed by atoms with van der Waals surface area (Å²) >= 11 is 0. The van der Waals surface area contributed by atoms with E-state index in [1.807, 2.05) is 6.92 Å². The van der Waals surface area contributed by atoms with Crippen molar-refractivity contribution in [2.24, 2.45) is 5.41 Å². The number of aromatic amines is 1. The van der Waals surface area contributed by atoms with Crippen LogP contribution in [0.3, 0.4) is 0 Å². The first-order valence-electron chi connectivity index (χ1n) is 8.90. The number of carbonyl (C=O) groups is 1. The van der Waals surface area contributed by atoms with Crippen molar-refractivity contribution in [1.29, 1.82) is 0 Å². The van der Waals surface area contributed by atoms with Crippen molar-refractivity contribution in [3.63, 3.8) is 0 Å². The summed E-state index contributed by atoms with van der Waals surface area (Å²) in [7, 11) is 0. The van der Waals surface area contributed by atoms with Gasteiger partial charge in [0.05, 0.1) is 0 Å². The third-order valence-corrected chi connectivity index (χ3v) is 5.82. The highest BCUT2D eigenvalue weighted by Gasteiger charge is 2.47. The first kappa shape index (κ1) is 15.5. The van der Waals surface area contributed by atoms with Crippen LogP contribution in [0.1, 0.15) is 63.5 Å². The molecular formula is C19H22FN3O. The Labute approximate surface area is 140 Å². The van der Waals surface area contributed by atoms with E-state index in [0.717, 1.165) is 54.4 Å². The molecule has 1 heterocycles. The van der Waals surface area contributed by atoms with E-state index < -0.39 is 0 Å². The third-order valence-electron chi connectivity index (χ3n) is 5.82. The summed E-state index contributed by atoms with van der Waals surface area (Å²) in [6.45, 7) is 4.21. The molecule has 0 amide bonds. The highest BCUT2D eigenvalue weighted by atomic mass is 19.1. The van der Waals surface area contributed by atoms with Gasteiger partial charge in [-0.1, -0.05) is 31.9 Å². The lowest BCUT2D eigenvalue weighted by atomic mass is 9.67. The first-order chi connectivity index (χ1) is 11.6. The molecule has 4 rings (SSSR count). The zero-order valence-corrected chi connectivity index (χ0v) is 14.2. The van der Waals surface area contributed by atoms with Gasteiger partial charge < -0.3 is 0 Å². The van der Waals surface area contributed by atoms with Crippen LogP contribution in [0.4, 0.5) is 4.39 Å². The molecule has 2 aromatic rings. The van der Waals surface area contributed by atoms with Crippen molar-refractivity contribution in [2.45, 2.75) is 58.8 Å². The van der Waals surface area contributed by atoms with E-state index in [1.165, 1.54) is 0 Å². The number of nitrogens with one attached hydrogen (secondary N) is 1. The fourth-order valence-corrected chi connectivity index (χ4v) is 4.70. The van der Waals surface area contributed by atoms with Gasteiger partial charge in [0, 0.05) is 11.8 Å². The predicted octanol–water partition coefficient (Wildman–Crippen LogP) is 4.36. The van der Waals surface area contributed by atoms with Gasteiger partial charge in [-0.05, 0) is 54.0 Å². The molecule has 1 aromatic carbocycles. The van der Waals surface area contributed by atoms with Crippen LogP contribution >= 0.6 is 0 Å². The van der Waals surface area contributed by atoms with Crippen molar-refractivity contribution >= 4 is 22.4 Å². The Bertz CT molecular complexity index is 867. The summed E-state index contributed by atoms with van der Waals surface area (Å²) in [5, 5.41) is 10.6. The zero-order chi connectivity index (χ0) is 16.9.